The molecule has 1 aromatic carbocycles. The van der Waals surface area contributed by atoms with Crippen LogP contribution in [-0.4, -0.2) is 74.0 Å². The van der Waals surface area contributed by atoms with Gasteiger partial charge in [0.1, 0.15) is 16.7 Å². The highest BCUT2D eigenvalue weighted by molar-refractivity contribution is 6.32. The van der Waals surface area contributed by atoms with E-state index in [9.17, 15) is 9.59 Å². The fourth-order valence-electron chi connectivity index (χ4n) is 4.31. The third-order valence-electron chi connectivity index (χ3n) is 6.49. The minimum absolute atomic E-state index is 0.142. The van der Waals surface area contributed by atoms with E-state index in [-0.39, 0.29) is 17.0 Å². The molecule has 1 aliphatic heterocycles. The Kier molecular flexibility index (Phi) is 10.2. The number of carbonyl (C=O) groups excluding carboxylic acids is 2. The highest BCUT2D eigenvalue weighted by Crippen LogP contribution is 2.27. The average molecular weight is 501 g/mol. The van der Waals surface area contributed by atoms with Crippen LogP contribution in [0.3, 0.4) is 0 Å². The van der Waals surface area contributed by atoms with Crippen molar-refractivity contribution in [2.45, 2.75) is 38.5 Å². The molecule has 190 valence electrons. The largest absolute Gasteiger partial charge is 0.494 e. The van der Waals surface area contributed by atoms with Gasteiger partial charge in [0.05, 0.1) is 12.2 Å². The fourth-order valence-corrected chi connectivity index (χ4v) is 4.55. The first-order valence-electron chi connectivity index (χ1n) is 12.4. The van der Waals surface area contributed by atoms with Gasteiger partial charge >= 0.3 is 0 Å². The molecule has 0 saturated carbocycles. The van der Waals surface area contributed by atoms with Gasteiger partial charge in [-0.2, -0.15) is 0 Å². The van der Waals surface area contributed by atoms with E-state index in [0.29, 0.717) is 24.5 Å². The summed E-state index contributed by atoms with van der Waals surface area (Å²) in [6.07, 6.45) is 5.54. The number of piperidine rings is 1. The van der Waals surface area contributed by atoms with Gasteiger partial charge < -0.3 is 19.4 Å². The zero-order valence-corrected chi connectivity index (χ0v) is 21.8. The van der Waals surface area contributed by atoms with Gasteiger partial charge in [0.25, 0.3) is 5.91 Å². The Hall–Kier alpha value is -2.80. The number of benzene rings is 1. The molecule has 0 N–H and O–H groups in total. The molecule has 1 aromatic heterocycles. The summed E-state index contributed by atoms with van der Waals surface area (Å²) in [5.74, 6) is 2.35. The van der Waals surface area contributed by atoms with Crippen molar-refractivity contribution in [2.24, 2.45) is 5.92 Å². The van der Waals surface area contributed by atoms with Crippen molar-refractivity contribution in [3.63, 3.8) is 0 Å². The molecular weight excluding hydrogens is 464 g/mol. The van der Waals surface area contributed by atoms with Crippen molar-refractivity contribution in [3.05, 3.63) is 53.2 Å². The molecule has 1 saturated heterocycles. The molecule has 1 fully saturated rings. The Labute approximate surface area is 214 Å². The molecule has 0 spiro atoms. The molecule has 0 unspecified atom stereocenters. The first-order valence-corrected chi connectivity index (χ1v) is 12.8. The van der Waals surface area contributed by atoms with Crippen LogP contribution in [0.15, 0.2) is 42.5 Å². The topological polar surface area (TPSA) is 66.0 Å². The molecule has 2 amide bonds. The van der Waals surface area contributed by atoms with Gasteiger partial charge in [0.15, 0.2) is 0 Å². The van der Waals surface area contributed by atoms with Crippen molar-refractivity contribution < 1.29 is 14.3 Å². The number of anilines is 1. The monoisotopic (exact) mass is 500 g/mol. The molecule has 0 aliphatic carbocycles. The van der Waals surface area contributed by atoms with Crippen LogP contribution in [0.5, 0.6) is 5.75 Å². The number of ether oxygens (including phenoxy) is 1. The predicted molar refractivity (Wildman–Crippen MR) is 140 cm³/mol. The molecule has 8 heteroatoms. The molecule has 3 rings (SSSR count). The van der Waals surface area contributed by atoms with Crippen LogP contribution in [-0.2, 0) is 4.79 Å². The number of hydrogen-bond acceptors (Lipinski definition) is 5. The van der Waals surface area contributed by atoms with Gasteiger partial charge in [-0.25, -0.2) is 4.98 Å². The van der Waals surface area contributed by atoms with E-state index in [1.54, 1.807) is 20.2 Å². The zero-order valence-electron chi connectivity index (χ0n) is 21.1. The predicted octanol–water partition coefficient (Wildman–Crippen LogP) is 4.75. The summed E-state index contributed by atoms with van der Waals surface area (Å²) in [4.78, 5) is 34.6. The van der Waals surface area contributed by atoms with Crippen LogP contribution in [0.25, 0.3) is 0 Å². The zero-order chi connectivity index (χ0) is 25.2. The molecule has 0 bridgehead atoms. The van der Waals surface area contributed by atoms with Gasteiger partial charge in [-0.1, -0.05) is 29.8 Å². The smallest absolute Gasteiger partial charge is 0.256 e. The molecular formula is C27H37ClN4O3. The first-order chi connectivity index (χ1) is 16.8. The van der Waals surface area contributed by atoms with Gasteiger partial charge in [-0.05, 0) is 62.3 Å². The lowest BCUT2D eigenvalue weighted by Crippen LogP contribution is -2.35. The first kappa shape index (κ1) is 26.8. The van der Waals surface area contributed by atoms with Gasteiger partial charge in [-0.15, -0.1) is 0 Å². The second-order valence-electron chi connectivity index (χ2n) is 9.36. The number of halogens is 1. The quantitative estimate of drug-likeness (QED) is 0.329. The summed E-state index contributed by atoms with van der Waals surface area (Å²) in [6, 6.07) is 13.3. The van der Waals surface area contributed by atoms with Gasteiger partial charge in [0, 0.05) is 47.2 Å². The van der Waals surface area contributed by atoms with Crippen LogP contribution in [0, 0.1) is 5.92 Å². The van der Waals surface area contributed by atoms with E-state index >= 15 is 0 Å². The van der Waals surface area contributed by atoms with Crippen molar-refractivity contribution in [2.75, 3.05) is 52.3 Å². The number of amides is 2. The lowest BCUT2D eigenvalue weighted by atomic mass is 9.92. The van der Waals surface area contributed by atoms with E-state index in [1.807, 2.05) is 48.3 Å². The van der Waals surface area contributed by atoms with Crippen LogP contribution in [0.2, 0.25) is 5.15 Å². The summed E-state index contributed by atoms with van der Waals surface area (Å²) >= 11 is 6.28. The molecule has 2 aromatic rings. The molecule has 2 heterocycles. The molecule has 1 aliphatic rings. The SMILES string of the molecule is CN(C)C(=O)c1ccc(N2CCC(CCCN(C)C(=O)CCCOc3ccccc3)CC2)nc1Cl. The maximum absolute atomic E-state index is 12.4. The normalized spacial score (nSPS) is 14.0. The second kappa shape index (κ2) is 13.3. The number of pyridine rings is 1. The van der Waals surface area contributed by atoms with E-state index < -0.39 is 0 Å². The van der Waals surface area contributed by atoms with Crippen LogP contribution < -0.4 is 9.64 Å². The Morgan fingerprint density at radius 1 is 1.06 bits per heavy atom. The lowest BCUT2D eigenvalue weighted by Gasteiger charge is -2.33. The van der Waals surface area contributed by atoms with Crippen LogP contribution in [0.1, 0.15) is 48.9 Å². The van der Waals surface area contributed by atoms with E-state index in [1.165, 1.54) is 4.90 Å². The number of rotatable bonds is 11. The Bertz CT molecular complexity index is 962. The van der Waals surface area contributed by atoms with E-state index in [0.717, 1.165) is 63.3 Å². The van der Waals surface area contributed by atoms with E-state index in [4.69, 9.17) is 16.3 Å². The number of nitrogens with zero attached hydrogens (tertiary/aromatic N) is 4. The third-order valence-corrected chi connectivity index (χ3v) is 6.78. The van der Waals surface area contributed by atoms with Gasteiger partial charge in [-0.3, -0.25) is 9.59 Å². The Morgan fingerprint density at radius 2 is 1.77 bits per heavy atom. The highest BCUT2D eigenvalue weighted by atomic mass is 35.5. The third kappa shape index (κ3) is 8.13. The van der Waals surface area contributed by atoms with Gasteiger partial charge in [0.2, 0.25) is 5.91 Å². The average Bonchev–Trinajstić information content (AvgIpc) is 2.87. The van der Waals surface area contributed by atoms with Crippen molar-refractivity contribution >= 4 is 29.2 Å². The molecule has 0 radical (unpaired) electrons. The van der Waals surface area contributed by atoms with Crippen LogP contribution in [0.4, 0.5) is 5.82 Å². The summed E-state index contributed by atoms with van der Waals surface area (Å²) in [5, 5.41) is 0.252. The fraction of sp³-hybridized carbons (Fsp3) is 0.519. The summed E-state index contributed by atoms with van der Waals surface area (Å²) < 4.78 is 5.67. The Morgan fingerprint density at radius 3 is 2.43 bits per heavy atom. The number of hydrogen-bond donors (Lipinski definition) is 0. The minimum Gasteiger partial charge on any atom is -0.494 e. The summed E-state index contributed by atoms with van der Waals surface area (Å²) in [6.45, 7) is 3.18. The van der Waals surface area contributed by atoms with Crippen molar-refractivity contribution in [3.8, 4) is 5.75 Å². The minimum atomic E-state index is -0.142. The summed E-state index contributed by atoms with van der Waals surface area (Å²) in [5.41, 5.74) is 0.428. The van der Waals surface area contributed by atoms with Crippen LogP contribution >= 0.6 is 11.6 Å². The lowest BCUT2D eigenvalue weighted by molar-refractivity contribution is -0.130. The highest BCUT2D eigenvalue weighted by Gasteiger charge is 2.22. The van der Waals surface area contributed by atoms with Crippen molar-refractivity contribution in [1.29, 1.82) is 0 Å². The van der Waals surface area contributed by atoms with E-state index in [2.05, 4.69) is 9.88 Å². The number of para-hydroxylation sites is 1. The standard InChI is InChI=1S/C27H37ClN4O3/c1-30(2)27(34)23-13-14-24(29-26(23)28)32-18-15-21(16-19-32)9-7-17-31(3)25(33)12-8-20-35-22-10-5-4-6-11-22/h4-6,10-11,13-14,21H,7-9,12,15-20H2,1-3H3. The molecule has 35 heavy (non-hydrogen) atoms. The summed E-state index contributed by atoms with van der Waals surface area (Å²) in [7, 11) is 5.30. The van der Waals surface area contributed by atoms with Crippen molar-refractivity contribution in [1.82, 2.24) is 14.8 Å². The Balaban J connectivity index is 1.32. The number of aromatic nitrogens is 1. The second-order valence-corrected chi connectivity index (χ2v) is 9.72. The maximum atomic E-state index is 12.4. The molecule has 0 atom stereocenters. The molecule has 7 nitrogen and oxygen atoms in total. The maximum Gasteiger partial charge on any atom is 0.256 e. The number of carbonyl (C=O) groups is 2.